The van der Waals surface area contributed by atoms with Gasteiger partial charge in [-0.2, -0.15) is 5.10 Å². The molecule has 1 fully saturated rings. The van der Waals surface area contributed by atoms with E-state index in [1.165, 1.54) is 12.3 Å². The van der Waals surface area contributed by atoms with E-state index in [2.05, 4.69) is 15.2 Å². The number of hydrogen-bond acceptors (Lipinski definition) is 4. The number of aromatic nitrogens is 3. The maximum atomic E-state index is 14.2. The molecule has 0 saturated carbocycles. The highest BCUT2D eigenvalue weighted by Gasteiger charge is 2.37. The summed E-state index contributed by atoms with van der Waals surface area (Å²) in [4.78, 5) is 17.0. The van der Waals surface area contributed by atoms with Gasteiger partial charge < -0.3 is 10.6 Å². The topological polar surface area (TPSA) is 87.9 Å². The van der Waals surface area contributed by atoms with Crippen LogP contribution < -0.4 is 10.6 Å². The first-order valence-electron chi connectivity index (χ1n) is 7.93. The highest BCUT2D eigenvalue weighted by molar-refractivity contribution is 5.98. The number of aromatic amines is 1. The van der Waals surface area contributed by atoms with Crippen molar-refractivity contribution >= 4 is 22.8 Å². The second kappa shape index (κ2) is 6.01. The van der Waals surface area contributed by atoms with Crippen LogP contribution in [0.4, 0.5) is 19.0 Å². The van der Waals surface area contributed by atoms with E-state index in [0.29, 0.717) is 16.9 Å². The Labute approximate surface area is 145 Å². The summed E-state index contributed by atoms with van der Waals surface area (Å²) in [5.74, 6) is -1.58. The van der Waals surface area contributed by atoms with Crippen molar-refractivity contribution in [3.63, 3.8) is 0 Å². The average molecular weight is 361 g/mol. The lowest BCUT2D eigenvalue weighted by Gasteiger charge is -2.25. The van der Waals surface area contributed by atoms with Crippen molar-refractivity contribution in [3.8, 4) is 0 Å². The fourth-order valence-electron chi connectivity index (χ4n) is 3.33. The number of fused-ring (bicyclic) bond motifs is 1. The third-order valence-corrected chi connectivity index (χ3v) is 4.52. The molecule has 3 N–H and O–H groups in total. The van der Waals surface area contributed by atoms with Gasteiger partial charge in [-0.15, -0.1) is 0 Å². The Bertz CT molecular complexity index is 1010. The van der Waals surface area contributed by atoms with Gasteiger partial charge >= 0.3 is 0 Å². The molecule has 4 rings (SSSR count). The number of alkyl halides is 1. The van der Waals surface area contributed by atoms with Crippen LogP contribution in [0.15, 0.2) is 30.5 Å². The summed E-state index contributed by atoms with van der Waals surface area (Å²) < 4.78 is 42.0. The van der Waals surface area contributed by atoms with Gasteiger partial charge in [-0.05, 0) is 24.3 Å². The van der Waals surface area contributed by atoms with Crippen molar-refractivity contribution in [1.29, 1.82) is 0 Å². The highest BCUT2D eigenvalue weighted by atomic mass is 19.1. The second-order valence-electron chi connectivity index (χ2n) is 6.20. The number of carbonyl (C=O) groups excluding carboxylic acids is 1. The lowest BCUT2D eigenvalue weighted by Crippen LogP contribution is -2.25. The third-order valence-electron chi connectivity index (χ3n) is 4.52. The number of primary amides is 1. The van der Waals surface area contributed by atoms with Gasteiger partial charge in [0.15, 0.2) is 11.5 Å². The minimum absolute atomic E-state index is 0.00232. The number of hydrogen-bond donors (Lipinski definition) is 2. The Balaban J connectivity index is 1.82. The largest absolute Gasteiger partial charge is 0.366 e. The zero-order valence-electron chi connectivity index (χ0n) is 13.4. The maximum Gasteiger partial charge on any atom is 0.250 e. The third kappa shape index (κ3) is 2.65. The minimum atomic E-state index is -1.23. The summed E-state index contributed by atoms with van der Waals surface area (Å²) in [6.07, 6.45) is 0.0670. The summed E-state index contributed by atoms with van der Waals surface area (Å²) in [6, 6.07) is 3.85. The quantitative estimate of drug-likeness (QED) is 0.751. The molecular weight excluding hydrogens is 347 g/mol. The lowest BCUT2D eigenvalue weighted by molar-refractivity contribution is 0.1000. The molecule has 3 heterocycles. The molecule has 1 aromatic carbocycles. The number of carbonyl (C=O) groups is 1. The van der Waals surface area contributed by atoms with Gasteiger partial charge in [0.2, 0.25) is 5.91 Å². The normalized spacial score (nSPS) is 20.0. The van der Waals surface area contributed by atoms with Crippen LogP contribution in [0, 0.1) is 11.6 Å². The van der Waals surface area contributed by atoms with Crippen LogP contribution in [0.5, 0.6) is 0 Å². The van der Waals surface area contributed by atoms with Gasteiger partial charge in [0.1, 0.15) is 17.8 Å². The van der Waals surface area contributed by atoms with Crippen LogP contribution >= 0.6 is 0 Å². The molecule has 2 aromatic heterocycles. The molecule has 1 aliphatic heterocycles. The number of halogens is 3. The lowest BCUT2D eigenvalue weighted by atomic mass is 10.0. The number of H-pyrrole nitrogens is 1. The molecule has 3 aromatic rings. The minimum Gasteiger partial charge on any atom is -0.366 e. The fourth-order valence-corrected chi connectivity index (χ4v) is 3.33. The monoisotopic (exact) mass is 361 g/mol. The number of rotatable bonds is 3. The maximum absolute atomic E-state index is 14.2. The van der Waals surface area contributed by atoms with Crippen molar-refractivity contribution in [2.24, 2.45) is 5.73 Å². The summed E-state index contributed by atoms with van der Waals surface area (Å²) in [5, 5.41) is 7.30. The van der Waals surface area contributed by atoms with Crippen molar-refractivity contribution in [3.05, 3.63) is 53.2 Å². The van der Waals surface area contributed by atoms with E-state index in [1.807, 2.05) is 0 Å². The van der Waals surface area contributed by atoms with E-state index >= 15 is 0 Å². The van der Waals surface area contributed by atoms with Crippen LogP contribution in [0.25, 0.3) is 11.0 Å². The molecule has 9 heteroatoms. The van der Waals surface area contributed by atoms with Crippen molar-refractivity contribution in [1.82, 2.24) is 15.2 Å². The molecule has 0 aliphatic carbocycles. The summed E-state index contributed by atoms with van der Waals surface area (Å²) in [6.45, 7) is -0.0403. The molecule has 0 unspecified atom stereocenters. The molecule has 1 aliphatic rings. The number of benzene rings is 1. The molecule has 26 heavy (non-hydrogen) atoms. The van der Waals surface area contributed by atoms with Crippen LogP contribution in [0.2, 0.25) is 0 Å². The molecule has 0 radical (unpaired) electrons. The van der Waals surface area contributed by atoms with Gasteiger partial charge in [-0.3, -0.25) is 9.89 Å². The Morgan fingerprint density at radius 2 is 2.12 bits per heavy atom. The van der Waals surface area contributed by atoms with Gasteiger partial charge in [0, 0.05) is 18.2 Å². The predicted molar refractivity (Wildman–Crippen MR) is 88.4 cm³/mol. The number of nitrogens with zero attached hydrogens (tertiary/aromatic N) is 3. The number of nitrogens with one attached hydrogen (secondary N) is 1. The molecular formula is C17H14F3N5O. The molecule has 6 nitrogen and oxygen atoms in total. The van der Waals surface area contributed by atoms with E-state index in [-0.39, 0.29) is 24.1 Å². The molecule has 0 bridgehead atoms. The molecule has 134 valence electrons. The van der Waals surface area contributed by atoms with Crippen LogP contribution in [0.1, 0.15) is 28.4 Å². The van der Waals surface area contributed by atoms with E-state index in [9.17, 15) is 18.0 Å². The Hall–Kier alpha value is -3.10. The zero-order chi connectivity index (χ0) is 18.4. The Kier molecular flexibility index (Phi) is 3.78. The first kappa shape index (κ1) is 16.4. The van der Waals surface area contributed by atoms with E-state index in [4.69, 9.17) is 5.73 Å². The van der Waals surface area contributed by atoms with Gasteiger partial charge in [0.05, 0.1) is 23.5 Å². The smallest absolute Gasteiger partial charge is 0.250 e. The molecule has 0 spiro atoms. The van der Waals surface area contributed by atoms with Crippen LogP contribution in [-0.4, -0.2) is 33.8 Å². The number of pyridine rings is 1. The molecule has 1 saturated heterocycles. The summed E-state index contributed by atoms with van der Waals surface area (Å²) >= 11 is 0. The average Bonchev–Trinajstić information content (AvgIpc) is 3.19. The predicted octanol–water partition coefficient (Wildman–Crippen LogP) is 2.62. The zero-order valence-corrected chi connectivity index (χ0v) is 13.4. The van der Waals surface area contributed by atoms with Crippen molar-refractivity contribution in [2.45, 2.75) is 18.6 Å². The SMILES string of the molecule is NC(=O)c1cnc2[nH]nc(N3C[C@@H](F)C[C@@H]3c3cc(F)ccc3F)c2c1. The Morgan fingerprint density at radius 3 is 2.88 bits per heavy atom. The van der Waals surface area contributed by atoms with Gasteiger partial charge in [-0.25, -0.2) is 18.2 Å². The van der Waals surface area contributed by atoms with Crippen molar-refractivity contribution < 1.29 is 18.0 Å². The van der Waals surface area contributed by atoms with Crippen LogP contribution in [-0.2, 0) is 0 Å². The highest BCUT2D eigenvalue weighted by Crippen LogP contribution is 2.40. The number of nitrogens with two attached hydrogens (primary N) is 1. The van der Waals surface area contributed by atoms with Crippen molar-refractivity contribution in [2.75, 3.05) is 11.4 Å². The van der Waals surface area contributed by atoms with Gasteiger partial charge in [0.25, 0.3) is 0 Å². The second-order valence-corrected chi connectivity index (χ2v) is 6.20. The van der Waals surface area contributed by atoms with Gasteiger partial charge in [-0.1, -0.05) is 0 Å². The van der Waals surface area contributed by atoms with Crippen LogP contribution in [0.3, 0.4) is 0 Å². The molecule has 2 atom stereocenters. The summed E-state index contributed by atoms with van der Waals surface area (Å²) in [7, 11) is 0. The first-order valence-corrected chi connectivity index (χ1v) is 7.93. The molecule has 1 amide bonds. The standard InChI is InChI=1S/C17H14F3N5O/c18-9-1-2-13(20)11(4-9)14-5-10(19)7-25(14)17-12-3-8(15(21)26)6-22-16(12)23-24-17/h1-4,6,10,14H,5,7H2,(H2,21,26)(H,22,23,24)/t10-,14+/m0/s1. The van der Waals surface area contributed by atoms with E-state index in [1.54, 1.807) is 4.90 Å². The number of amides is 1. The summed E-state index contributed by atoms with van der Waals surface area (Å²) in [5.41, 5.74) is 5.89. The first-order chi connectivity index (χ1) is 12.4. The van der Waals surface area contributed by atoms with E-state index < -0.39 is 29.8 Å². The Morgan fingerprint density at radius 1 is 1.31 bits per heavy atom. The fraction of sp³-hybridized carbons (Fsp3) is 0.235. The van der Waals surface area contributed by atoms with E-state index in [0.717, 1.165) is 18.2 Å². The number of anilines is 1.